The third-order valence-corrected chi connectivity index (χ3v) is 4.89. The van der Waals surface area contributed by atoms with Crippen molar-refractivity contribution in [2.24, 2.45) is 11.8 Å². The number of carbonyl (C=O) groups excluding carboxylic acids is 2. The van der Waals surface area contributed by atoms with Crippen LogP contribution in [-0.2, 0) is 14.3 Å². The molecular weight excluding hydrogens is 318 g/mol. The van der Waals surface area contributed by atoms with Crippen molar-refractivity contribution in [3.8, 4) is 0 Å². The molecule has 136 valence electrons. The largest absolute Gasteiger partial charge is 0.466 e. The fourth-order valence-corrected chi connectivity index (χ4v) is 3.00. The average molecular weight is 345 g/mol. The van der Waals surface area contributed by atoms with Crippen molar-refractivity contribution in [3.05, 3.63) is 29.7 Å². The van der Waals surface area contributed by atoms with Gasteiger partial charge in [-0.3, -0.25) is 9.59 Å². The summed E-state index contributed by atoms with van der Waals surface area (Å²) in [7, 11) is 0. The lowest BCUT2D eigenvalue weighted by atomic mass is 10.2. The molecule has 0 spiro atoms. The highest BCUT2D eigenvalue weighted by atomic mass is 16.5. The summed E-state index contributed by atoms with van der Waals surface area (Å²) in [6.45, 7) is 5.49. The number of hydrogen-bond donors (Lipinski definition) is 0. The van der Waals surface area contributed by atoms with Crippen molar-refractivity contribution in [1.82, 2.24) is 4.90 Å². The molecule has 2 aliphatic carbocycles. The van der Waals surface area contributed by atoms with Gasteiger partial charge in [-0.15, -0.1) is 0 Å². The van der Waals surface area contributed by atoms with Crippen LogP contribution in [-0.4, -0.2) is 36.5 Å². The van der Waals surface area contributed by atoms with E-state index in [9.17, 15) is 9.59 Å². The summed E-state index contributed by atoms with van der Waals surface area (Å²) in [5, 5.41) is 0. The number of ether oxygens (including phenoxy) is 1. The van der Waals surface area contributed by atoms with Crippen LogP contribution in [0.15, 0.2) is 22.6 Å². The predicted molar refractivity (Wildman–Crippen MR) is 94.8 cm³/mol. The summed E-state index contributed by atoms with van der Waals surface area (Å²) in [6.07, 6.45) is 7.01. The van der Waals surface area contributed by atoms with Gasteiger partial charge in [0.25, 0.3) is 0 Å². The van der Waals surface area contributed by atoms with Crippen LogP contribution in [0.1, 0.15) is 57.0 Å². The highest BCUT2D eigenvalue weighted by Crippen LogP contribution is 2.47. The number of hydrogen-bond acceptors (Lipinski definition) is 4. The normalized spacial score (nSPS) is 22.2. The number of rotatable bonds is 9. The van der Waals surface area contributed by atoms with Crippen molar-refractivity contribution in [1.29, 1.82) is 0 Å². The number of amides is 1. The van der Waals surface area contributed by atoms with E-state index in [0.717, 1.165) is 18.6 Å². The SMILES string of the molecule is CCOC(=O)CCN(CC1CC1)C(=O)/C=C/c1ccc(C2CC2C)o1. The number of esters is 1. The molecule has 1 aromatic heterocycles. The topological polar surface area (TPSA) is 59.8 Å². The monoisotopic (exact) mass is 345 g/mol. The van der Waals surface area contributed by atoms with Crippen molar-refractivity contribution in [2.75, 3.05) is 19.7 Å². The highest BCUT2D eigenvalue weighted by molar-refractivity contribution is 5.91. The first-order valence-electron chi connectivity index (χ1n) is 9.29. The van der Waals surface area contributed by atoms with Gasteiger partial charge in [-0.25, -0.2) is 0 Å². The second-order valence-corrected chi connectivity index (χ2v) is 7.18. The van der Waals surface area contributed by atoms with Crippen molar-refractivity contribution in [3.63, 3.8) is 0 Å². The molecule has 0 aliphatic heterocycles. The van der Waals surface area contributed by atoms with Crippen LogP contribution in [0.3, 0.4) is 0 Å². The van der Waals surface area contributed by atoms with E-state index < -0.39 is 0 Å². The zero-order chi connectivity index (χ0) is 17.8. The van der Waals surface area contributed by atoms with Crippen molar-refractivity contribution in [2.45, 2.75) is 45.4 Å². The van der Waals surface area contributed by atoms with E-state index in [-0.39, 0.29) is 18.3 Å². The number of carbonyl (C=O) groups is 2. The molecule has 1 aromatic rings. The summed E-state index contributed by atoms with van der Waals surface area (Å²) in [4.78, 5) is 25.8. The molecule has 1 heterocycles. The number of furan rings is 1. The molecule has 0 bridgehead atoms. The maximum atomic E-state index is 12.5. The second kappa shape index (κ2) is 7.89. The minimum atomic E-state index is -0.255. The third kappa shape index (κ3) is 5.21. The van der Waals surface area contributed by atoms with Gasteiger partial charge in [-0.05, 0) is 56.2 Å². The fourth-order valence-electron chi connectivity index (χ4n) is 3.00. The first-order valence-corrected chi connectivity index (χ1v) is 9.29. The molecule has 0 saturated heterocycles. The molecule has 2 saturated carbocycles. The van der Waals surface area contributed by atoms with Crippen LogP contribution in [0, 0.1) is 11.8 Å². The maximum Gasteiger partial charge on any atom is 0.307 e. The molecule has 2 unspecified atom stereocenters. The van der Waals surface area contributed by atoms with Gasteiger partial charge >= 0.3 is 5.97 Å². The van der Waals surface area contributed by atoms with E-state index in [2.05, 4.69) is 6.92 Å². The predicted octanol–water partition coefficient (Wildman–Crippen LogP) is 3.61. The Morgan fingerprint density at radius 2 is 2.12 bits per heavy atom. The van der Waals surface area contributed by atoms with E-state index in [4.69, 9.17) is 9.15 Å². The van der Waals surface area contributed by atoms with Crippen LogP contribution < -0.4 is 0 Å². The molecular formula is C20H27NO4. The Bertz CT molecular complexity index is 644. The molecule has 5 nitrogen and oxygen atoms in total. The van der Waals surface area contributed by atoms with Gasteiger partial charge in [-0.1, -0.05) is 6.92 Å². The lowest BCUT2D eigenvalue weighted by molar-refractivity contribution is -0.143. The Morgan fingerprint density at radius 1 is 1.36 bits per heavy atom. The van der Waals surface area contributed by atoms with Gasteiger partial charge in [0.1, 0.15) is 11.5 Å². The molecule has 1 amide bonds. The Hall–Kier alpha value is -2.04. The fraction of sp³-hybridized carbons (Fsp3) is 0.600. The third-order valence-electron chi connectivity index (χ3n) is 4.89. The molecule has 25 heavy (non-hydrogen) atoms. The first-order chi connectivity index (χ1) is 12.1. The number of nitrogens with zero attached hydrogens (tertiary/aromatic N) is 1. The summed E-state index contributed by atoms with van der Waals surface area (Å²) in [5.41, 5.74) is 0. The highest BCUT2D eigenvalue weighted by Gasteiger charge is 2.36. The summed E-state index contributed by atoms with van der Waals surface area (Å²) in [5.74, 6) is 3.20. The van der Waals surface area contributed by atoms with Gasteiger partial charge < -0.3 is 14.1 Å². The average Bonchev–Trinajstić information content (AvgIpc) is 3.49. The van der Waals surface area contributed by atoms with Crippen LogP contribution in [0.5, 0.6) is 0 Å². The quantitative estimate of drug-likeness (QED) is 0.507. The van der Waals surface area contributed by atoms with E-state index in [1.165, 1.54) is 6.42 Å². The van der Waals surface area contributed by atoms with E-state index in [1.54, 1.807) is 24.0 Å². The Labute approximate surface area is 149 Å². The molecule has 0 N–H and O–H groups in total. The Kier molecular flexibility index (Phi) is 5.61. The lowest BCUT2D eigenvalue weighted by Gasteiger charge is -2.20. The first kappa shape index (κ1) is 17.8. The van der Waals surface area contributed by atoms with Gasteiger partial charge in [-0.2, -0.15) is 0 Å². The maximum absolute atomic E-state index is 12.5. The van der Waals surface area contributed by atoms with Crippen LogP contribution in [0.2, 0.25) is 0 Å². The summed E-state index contributed by atoms with van der Waals surface area (Å²) in [6, 6.07) is 3.91. The molecule has 0 radical (unpaired) electrons. The van der Waals surface area contributed by atoms with Gasteiger partial charge in [0.15, 0.2) is 0 Å². The molecule has 2 aliphatic rings. The molecule has 3 rings (SSSR count). The molecule has 5 heteroatoms. The van der Waals surface area contributed by atoms with E-state index >= 15 is 0 Å². The Balaban J connectivity index is 1.54. The molecule has 2 fully saturated rings. The lowest BCUT2D eigenvalue weighted by Crippen LogP contribution is -2.33. The smallest absolute Gasteiger partial charge is 0.307 e. The zero-order valence-corrected chi connectivity index (χ0v) is 15.1. The van der Waals surface area contributed by atoms with Crippen LogP contribution in [0.25, 0.3) is 6.08 Å². The van der Waals surface area contributed by atoms with E-state index in [1.807, 2.05) is 12.1 Å². The Morgan fingerprint density at radius 3 is 2.76 bits per heavy atom. The zero-order valence-electron chi connectivity index (χ0n) is 15.1. The summed E-state index contributed by atoms with van der Waals surface area (Å²) >= 11 is 0. The minimum absolute atomic E-state index is 0.0751. The van der Waals surface area contributed by atoms with Gasteiger partial charge in [0.05, 0.1) is 13.0 Å². The van der Waals surface area contributed by atoms with E-state index in [0.29, 0.717) is 43.2 Å². The summed E-state index contributed by atoms with van der Waals surface area (Å²) < 4.78 is 10.8. The van der Waals surface area contributed by atoms with Gasteiger partial charge in [0, 0.05) is 25.1 Å². The van der Waals surface area contributed by atoms with Gasteiger partial charge in [0.2, 0.25) is 5.91 Å². The van der Waals surface area contributed by atoms with Crippen molar-refractivity contribution >= 4 is 18.0 Å². The minimum Gasteiger partial charge on any atom is -0.466 e. The molecule has 2 atom stereocenters. The van der Waals surface area contributed by atoms with Crippen LogP contribution >= 0.6 is 0 Å². The van der Waals surface area contributed by atoms with Crippen molar-refractivity contribution < 1.29 is 18.7 Å². The molecule has 0 aromatic carbocycles. The standard InChI is InChI=1S/C20H27NO4/c1-3-24-20(23)10-11-21(13-15-4-5-15)19(22)9-7-16-6-8-18(25-16)17-12-14(17)2/h6-9,14-15,17H,3-5,10-13H2,1-2H3/b9-7+. The van der Waals surface area contributed by atoms with Crippen LogP contribution in [0.4, 0.5) is 0 Å². The second-order valence-electron chi connectivity index (χ2n) is 7.18.